The predicted octanol–water partition coefficient (Wildman–Crippen LogP) is 4.42. The van der Waals surface area contributed by atoms with Crippen LogP contribution >= 0.6 is 32.2 Å². The summed E-state index contributed by atoms with van der Waals surface area (Å²) in [5, 5.41) is 7.04. The van der Waals surface area contributed by atoms with Gasteiger partial charge in [-0.2, -0.15) is 4.08 Å². The van der Waals surface area contributed by atoms with Crippen molar-refractivity contribution in [2.75, 3.05) is 25.3 Å². The average molecular weight is 398 g/mol. The Morgan fingerprint density at radius 2 is 1.96 bits per heavy atom. The van der Waals surface area contributed by atoms with E-state index in [0.717, 1.165) is 0 Å². The van der Waals surface area contributed by atoms with Gasteiger partial charge in [0.05, 0.1) is 19.1 Å². The molecule has 1 N–H and O–H groups in total. The Bertz CT molecular complexity index is 448. The first kappa shape index (κ1) is 22.0. The standard InChI is InChI=1S/C14H28N3O4PS2/c1-11(23-7)16-21-12(18)15-10-24-17(13(2,3)4)22-19-8-14(5,6)9-20-22/h8-10H2,1-7H3,(H,15,18)/b16-11+. The molecule has 1 fully saturated rings. The molecule has 0 aliphatic carbocycles. The molecule has 0 unspecified atom stereocenters. The summed E-state index contributed by atoms with van der Waals surface area (Å²) in [4.78, 5) is 16.4. The Kier molecular flexibility index (Phi) is 8.79. The highest BCUT2D eigenvalue weighted by atomic mass is 32.2. The molecule has 1 heterocycles. The molecule has 24 heavy (non-hydrogen) atoms. The molecule has 140 valence electrons. The van der Waals surface area contributed by atoms with Crippen molar-refractivity contribution >= 4 is 43.4 Å². The second kappa shape index (κ2) is 9.59. The third kappa shape index (κ3) is 7.89. The summed E-state index contributed by atoms with van der Waals surface area (Å²) in [6, 6.07) is 0. The first-order valence-corrected chi connectivity index (χ1v) is 10.9. The first-order chi connectivity index (χ1) is 11.0. The van der Waals surface area contributed by atoms with Crippen LogP contribution in [0.1, 0.15) is 41.5 Å². The second-order valence-corrected chi connectivity index (χ2v) is 10.6. The Morgan fingerprint density at radius 1 is 1.38 bits per heavy atom. The van der Waals surface area contributed by atoms with E-state index in [2.05, 4.69) is 49.2 Å². The molecule has 7 nitrogen and oxygen atoms in total. The van der Waals surface area contributed by atoms with Crippen LogP contribution in [0.2, 0.25) is 0 Å². The number of carbonyl (C=O) groups is 1. The minimum absolute atomic E-state index is 0.0300. The number of hydrogen-bond acceptors (Lipinski definition) is 8. The number of thioether (sulfide) groups is 1. The molecule has 1 amide bonds. The zero-order valence-electron chi connectivity index (χ0n) is 15.4. The topological polar surface area (TPSA) is 72.4 Å². The van der Waals surface area contributed by atoms with E-state index in [1.165, 1.54) is 23.7 Å². The zero-order valence-corrected chi connectivity index (χ0v) is 17.9. The highest BCUT2D eigenvalue weighted by Gasteiger charge is 2.38. The maximum atomic E-state index is 11.6. The molecular weight excluding hydrogens is 369 g/mol. The molecular formula is C14H28N3O4PS2. The van der Waals surface area contributed by atoms with E-state index < -0.39 is 14.6 Å². The van der Waals surface area contributed by atoms with E-state index in [1.54, 1.807) is 6.92 Å². The van der Waals surface area contributed by atoms with Gasteiger partial charge in [0.25, 0.3) is 8.53 Å². The van der Waals surface area contributed by atoms with Crippen LogP contribution in [0.5, 0.6) is 0 Å². The molecule has 10 heteroatoms. The molecule has 0 saturated carbocycles. The van der Waals surface area contributed by atoms with E-state index in [1.807, 2.05) is 6.26 Å². The molecule has 0 aromatic heterocycles. The summed E-state index contributed by atoms with van der Waals surface area (Å²) in [6.07, 6.45) is 1.29. The fourth-order valence-corrected chi connectivity index (χ4v) is 4.79. The van der Waals surface area contributed by atoms with Gasteiger partial charge in [0.2, 0.25) is 0 Å². The lowest BCUT2D eigenvalue weighted by molar-refractivity contribution is 0.0471. The number of nitrogens with zero attached hydrogens (tertiary/aromatic N) is 2. The summed E-state index contributed by atoms with van der Waals surface area (Å²) >= 11 is 2.87. The molecule has 0 atom stereocenters. The van der Waals surface area contributed by atoms with Crippen molar-refractivity contribution in [3.8, 4) is 0 Å². The fraction of sp³-hybridized carbons (Fsp3) is 0.857. The highest BCUT2D eigenvalue weighted by molar-refractivity contribution is 8.13. The summed E-state index contributed by atoms with van der Waals surface area (Å²) in [6.45, 7) is 13.6. The van der Waals surface area contributed by atoms with Crippen molar-refractivity contribution in [1.82, 2.24) is 9.39 Å². The number of nitrogens with one attached hydrogen (secondary N) is 1. The maximum absolute atomic E-state index is 11.6. The van der Waals surface area contributed by atoms with Crippen molar-refractivity contribution in [3.05, 3.63) is 0 Å². The Hall–Kier alpha value is -0.0500. The van der Waals surface area contributed by atoms with Crippen LogP contribution in [0, 0.1) is 5.41 Å². The van der Waals surface area contributed by atoms with Crippen molar-refractivity contribution in [1.29, 1.82) is 0 Å². The van der Waals surface area contributed by atoms with Gasteiger partial charge in [0.15, 0.2) is 0 Å². The minimum Gasteiger partial charge on any atom is -0.321 e. The van der Waals surface area contributed by atoms with Crippen LogP contribution in [0.25, 0.3) is 0 Å². The van der Waals surface area contributed by atoms with Gasteiger partial charge < -0.3 is 14.4 Å². The predicted molar refractivity (Wildman–Crippen MR) is 103 cm³/mol. The number of amides is 1. The molecule has 1 aliphatic rings. The molecule has 0 aromatic rings. The minimum atomic E-state index is -1.16. The van der Waals surface area contributed by atoms with Crippen molar-refractivity contribution in [2.24, 2.45) is 10.6 Å². The monoisotopic (exact) mass is 397 g/mol. The Balaban J connectivity index is 2.49. The van der Waals surface area contributed by atoms with Crippen molar-refractivity contribution in [3.63, 3.8) is 0 Å². The summed E-state index contributed by atoms with van der Waals surface area (Å²) in [5.74, 6) is 0.346. The third-order valence-electron chi connectivity index (χ3n) is 2.81. The number of hydrogen-bond donors (Lipinski definition) is 1. The van der Waals surface area contributed by atoms with Crippen LogP contribution in [0.4, 0.5) is 4.79 Å². The lowest BCUT2D eigenvalue weighted by atomic mass is 9.97. The van der Waals surface area contributed by atoms with E-state index in [4.69, 9.17) is 13.9 Å². The summed E-state index contributed by atoms with van der Waals surface area (Å²) < 4.78 is 13.9. The van der Waals surface area contributed by atoms with Crippen LogP contribution in [-0.2, 0) is 13.9 Å². The average Bonchev–Trinajstić information content (AvgIpc) is 2.48. The summed E-state index contributed by atoms with van der Waals surface area (Å²) in [5.41, 5.74) is -0.140. The molecule has 1 rings (SSSR count). The quantitative estimate of drug-likeness (QED) is 0.140. The lowest BCUT2D eigenvalue weighted by Crippen LogP contribution is -2.39. The number of oxime groups is 1. The van der Waals surface area contributed by atoms with Crippen molar-refractivity contribution in [2.45, 2.75) is 47.1 Å². The van der Waals surface area contributed by atoms with Gasteiger partial charge in [-0.1, -0.05) is 19.0 Å². The van der Waals surface area contributed by atoms with E-state index in [-0.39, 0.29) is 11.0 Å². The maximum Gasteiger partial charge on any atom is 0.434 e. The van der Waals surface area contributed by atoms with Gasteiger partial charge in [0, 0.05) is 11.0 Å². The highest BCUT2D eigenvalue weighted by Crippen LogP contribution is 2.55. The van der Waals surface area contributed by atoms with Gasteiger partial charge in [0.1, 0.15) is 5.04 Å². The molecule has 0 bridgehead atoms. The summed E-state index contributed by atoms with van der Waals surface area (Å²) in [7, 11) is -1.16. The van der Waals surface area contributed by atoms with Crippen LogP contribution < -0.4 is 5.32 Å². The largest absolute Gasteiger partial charge is 0.434 e. The molecule has 0 aromatic carbocycles. The van der Waals surface area contributed by atoms with E-state index >= 15 is 0 Å². The van der Waals surface area contributed by atoms with Gasteiger partial charge in [-0.15, -0.1) is 11.8 Å². The molecule has 1 aliphatic heterocycles. The van der Waals surface area contributed by atoms with E-state index in [0.29, 0.717) is 24.1 Å². The van der Waals surface area contributed by atoms with Gasteiger partial charge in [-0.05, 0) is 45.9 Å². The normalized spacial score (nSPS) is 19.4. The Morgan fingerprint density at radius 3 is 2.46 bits per heavy atom. The molecule has 0 radical (unpaired) electrons. The lowest BCUT2D eigenvalue weighted by Gasteiger charge is -2.42. The first-order valence-electron chi connectivity index (χ1n) is 7.57. The van der Waals surface area contributed by atoms with Crippen LogP contribution in [-0.4, -0.2) is 46.1 Å². The number of carbonyl (C=O) groups excluding carboxylic acids is 1. The van der Waals surface area contributed by atoms with Crippen LogP contribution in [0.15, 0.2) is 5.16 Å². The van der Waals surface area contributed by atoms with Gasteiger partial charge in [-0.25, -0.2) is 4.79 Å². The molecule has 1 saturated heterocycles. The fourth-order valence-electron chi connectivity index (χ4n) is 1.46. The number of rotatable bonds is 5. The molecule has 0 spiro atoms. The van der Waals surface area contributed by atoms with Crippen molar-refractivity contribution < 1.29 is 18.7 Å². The van der Waals surface area contributed by atoms with Gasteiger partial charge >= 0.3 is 6.09 Å². The SMILES string of the molecule is CS/C(C)=N/OC(=O)NCSN(P1OCC(C)(C)CO1)C(C)(C)C. The Labute approximate surface area is 154 Å². The third-order valence-corrected chi connectivity index (χ3v) is 6.88. The van der Waals surface area contributed by atoms with E-state index in [9.17, 15) is 4.79 Å². The second-order valence-electron chi connectivity index (χ2n) is 7.04. The smallest absolute Gasteiger partial charge is 0.321 e. The van der Waals surface area contributed by atoms with Crippen LogP contribution in [0.3, 0.4) is 0 Å². The van der Waals surface area contributed by atoms with Gasteiger partial charge in [-0.3, -0.25) is 4.84 Å². The zero-order chi connectivity index (χ0) is 18.4.